The molecule has 0 unspecified atom stereocenters. The number of unbranched alkanes of at least 4 members (excludes halogenated alkanes) is 1. The van der Waals surface area contributed by atoms with Crippen molar-refractivity contribution in [2.24, 2.45) is 0 Å². The van der Waals surface area contributed by atoms with Crippen LogP contribution in [0.3, 0.4) is 0 Å². The molecular formula is C13H19ClN2. The highest BCUT2D eigenvalue weighted by molar-refractivity contribution is 6.17. The molecule has 2 rings (SSSR count). The van der Waals surface area contributed by atoms with Crippen LogP contribution in [-0.4, -0.2) is 25.6 Å². The van der Waals surface area contributed by atoms with Crippen LogP contribution in [0.5, 0.6) is 0 Å². The average Bonchev–Trinajstić information content (AvgIpc) is 2.68. The minimum atomic E-state index is 0.771. The fourth-order valence-electron chi connectivity index (χ4n) is 2.22. The van der Waals surface area contributed by atoms with Crippen molar-refractivity contribution < 1.29 is 0 Å². The number of benzene rings is 1. The summed E-state index contributed by atoms with van der Waals surface area (Å²) >= 11 is 5.71. The van der Waals surface area contributed by atoms with Crippen LogP contribution in [0.4, 0.5) is 11.4 Å². The Morgan fingerprint density at radius 1 is 1.12 bits per heavy atom. The normalized spacial score (nSPS) is 14.4. The van der Waals surface area contributed by atoms with Gasteiger partial charge in [0.15, 0.2) is 0 Å². The van der Waals surface area contributed by atoms with Gasteiger partial charge < -0.3 is 9.80 Å². The molecule has 0 radical (unpaired) electrons. The Morgan fingerprint density at radius 2 is 1.81 bits per heavy atom. The molecule has 0 N–H and O–H groups in total. The molecule has 0 spiro atoms. The van der Waals surface area contributed by atoms with Crippen LogP contribution in [0.15, 0.2) is 24.3 Å². The van der Waals surface area contributed by atoms with Crippen molar-refractivity contribution >= 4 is 23.0 Å². The number of halogens is 1. The van der Waals surface area contributed by atoms with Crippen molar-refractivity contribution in [3.63, 3.8) is 0 Å². The lowest BCUT2D eigenvalue weighted by Crippen LogP contribution is -2.31. The zero-order valence-electron chi connectivity index (χ0n) is 9.82. The zero-order chi connectivity index (χ0) is 11.4. The Hall–Kier alpha value is -0.890. The van der Waals surface area contributed by atoms with Gasteiger partial charge in [-0.3, -0.25) is 0 Å². The van der Waals surface area contributed by atoms with E-state index in [9.17, 15) is 0 Å². The number of alkyl halides is 1. The summed E-state index contributed by atoms with van der Waals surface area (Å²) in [6.07, 6.45) is 2.28. The number of rotatable bonds is 5. The average molecular weight is 239 g/mol. The molecule has 0 fully saturated rings. The number of fused-ring (bicyclic) bond motifs is 1. The van der Waals surface area contributed by atoms with Gasteiger partial charge in [0.1, 0.15) is 0 Å². The molecule has 0 saturated heterocycles. The van der Waals surface area contributed by atoms with E-state index in [0.29, 0.717) is 0 Å². The molecule has 1 aliphatic rings. The van der Waals surface area contributed by atoms with Crippen LogP contribution in [0, 0.1) is 0 Å². The van der Waals surface area contributed by atoms with E-state index in [1.165, 1.54) is 17.8 Å². The molecule has 16 heavy (non-hydrogen) atoms. The van der Waals surface area contributed by atoms with Crippen molar-refractivity contribution in [2.45, 2.75) is 19.8 Å². The molecule has 0 atom stereocenters. The number of nitrogens with zero attached hydrogens (tertiary/aromatic N) is 2. The highest BCUT2D eigenvalue weighted by Gasteiger charge is 2.23. The molecule has 0 amide bonds. The van der Waals surface area contributed by atoms with E-state index < -0.39 is 0 Å². The van der Waals surface area contributed by atoms with Crippen molar-refractivity contribution in [2.75, 3.05) is 35.4 Å². The standard InChI is InChI=1S/C13H19ClN2/c1-2-15-11-16(10-6-5-9-14)13-8-4-3-7-12(13)15/h3-4,7-8H,2,5-6,9-11H2,1H3. The maximum absolute atomic E-state index is 5.71. The Labute approximate surface area is 103 Å². The Morgan fingerprint density at radius 3 is 2.44 bits per heavy atom. The number of anilines is 2. The summed E-state index contributed by atoms with van der Waals surface area (Å²) < 4.78 is 0. The van der Waals surface area contributed by atoms with Gasteiger partial charge in [-0.2, -0.15) is 0 Å². The lowest BCUT2D eigenvalue weighted by atomic mass is 10.2. The number of hydrogen-bond donors (Lipinski definition) is 0. The third-order valence-corrected chi connectivity index (χ3v) is 3.37. The Kier molecular flexibility index (Phi) is 3.94. The molecule has 0 bridgehead atoms. The Bertz CT molecular complexity index is 340. The third-order valence-electron chi connectivity index (χ3n) is 3.10. The molecule has 2 nitrogen and oxygen atoms in total. The van der Waals surface area contributed by atoms with E-state index in [-0.39, 0.29) is 0 Å². The van der Waals surface area contributed by atoms with Gasteiger partial charge in [0.25, 0.3) is 0 Å². The summed E-state index contributed by atoms with van der Waals surface area (Å²) in [5.74, 6) is 0.771. The SMILES string of the molecule is CCN1CN(CCCCCl)c2ccccc21. The van der Waals surface area contributed by atoms with Crippen molar-refractivity contribution in [1.29, 1.82) is 0 Å². The first-order valence-corrected chi connectivity index (χ1v) is 6.55. The van der Waals surface area contributed by atoms with Gasteiger partial charge in [-0.05, 0) is 31.9 Å². The third kappa shape index (κ3) is 2.27. The second kappa shape index (κ2) is 5.44. The topological polar surface area (TPSA) is 6.48 Å². The van der Waals surface area contributed by atoms with Crippen molar-refractivity contribution in [3.8, 4) is 0 Å². The highest BCUT2D eigenvalue weighted by Crippen LogP contribution is 2.35. The second-order valence-electron chi connectivity index (χ2n) is 4.15. The molecule has 0 aromatic heterocycles. The summed E-state index contributed by atoms with van der Waals surface area (Å²) in [6.45, 7) is 5.42. The lowest BCUT2D eigenvalue weighted by molar-refractivity contribution is 0.719. The summed E-state index contributed by atoms with van der Waals surface area (Å²) in [5, 5.41) is 0. The van der Waals surface area contributed by atoms with Crippen LogP contribution >= 0.6 is 11.6 Å². The minimum Gasteiger partial charge on any atom is -0.352 e. The predicted octanol–water partition coefficient (Wildman–Crippen LogP) is 3.31. The molecule has 1 aliphatic heterocycles. The first-order chi connectivity index (χ1) is 7.86. The maximum atomic E-state index is 5.71. The molecular weight excluding hydrogens is 220 g/mol. The molecule has 0 aliphatic carbocycles. The van der Waals surface area contributed by atoms with Gasteiger partial charge in [-0.1, -0.05) is 12.1 Å². The first-order valence-electron chi connectivity index (χ1n) is 6.01. The quantitative estimate of drug-likeness (QED) is 0.574. The summed E-state index contributed by atoms with van der Waals surface area (Å²) in [5.41, 5.74) is 2.75. The van der Waals surface area contributed by atoms with Gasteiger partial charge in [-0.15, -0.1) is 11.6 Å². The largest absolute Gasteiger partial charge is 0.352 e. The fourth-order valence-corrected chi connectivity index (χ4v) is 2.41. The second-order valence-corrected chi connectivity index (χ2v) is 4.52. The number of hydrogen-bond acceptors (Lipinski definition) is 2. The zero-order valence-corrected chi connectivity index (χ0v) is 10.6. The van der Waals surface area contributed by atoms with E-state index >= 15 is 0 Å². The summed E-state index contributed by atoms with van der Waals surface area (Å²) in [4.78, 5) is 4.86. The van der Waals surface area contributed by atoms with E-state index in [1.54, 1.807) is 0 Å². The monoisotopic (exact) mass is 238 g/mol. The first kappa shape index (κ1) is 11.6. The molecule has 88 valence electrons. The predicted molar refractivity (Wildman–Crippen MR) is 71.6 cm³/mol. The summed E-state index contributed by atoms with van der Waals surface area (Å²) in [6, 6.07) is 8.66. The smallest absolute Gasteiger partial charge is 0.0904 e. The fraction of sp³-hybridized carbons (Fsp3) is 0.538. The number of para-hydroxylation sites is 2. The van der Waals surface area contributed by atoms with Crippen LogP contribution in [0.25, 0.3) is 0 Å². The molecule has 3 heteroatoms. The Balaban J connectivity index is 2.07. The van der Waals surface area contributed by atoms with Crippen LogP contribution in [0.2, 0.25) is 0 Å². The van der Waals surface area contributed by atoms with E-state index in [2.05, 4.69) is 41.0 Å². The van der Waals surface area contributed by atoms with E-state index in [1.807, 2.05) is 0 Å². The minimum absolute atomic E-state index is 0.771. The molecule has 1 aromatic rings. The van der Waals surface area contributed by atoms with E-state index in [0.717, 1.165) is 32.1 Å². The van der Waals surface area contributed by atoms with Crippen molar-refractivity contribution in [1.82, 2.24) is 0 Å². The maximum Gasteiger partial charge on any atom is 0.0904 e. The van der Waals surface area contributed by atoms with E-state index in [4.69, 9.17) is 11.6 Å². The van der Waals surface area contributed by atoms with Gasteiger partial charge in [-0.25, -0.2) is 0 Å². The van der Waals surface area contributed by atoms with Crippen LogP contribution < -0.4 is 9.80 Å². The summed E-state index contributed by atoms with van der Waals surface area (Å²) in [7, 11) is 0. The molecule has 1 aromatic carbocycles. The van der Waals surface area contributed by atoms with Crippen LogP contribution in [-0.2, 0) is 0 Å². The van der Waals surface area contributed by atoms with Gasteiger partial charge >= 0.3 is 0 Å². The highest BCUT2D eigenvalue weighted by atomic mass is 35.5. The molecule has 1 heterocycles. The molecule has 0 saturated carbocycles. The van der Waals surface area contributed by atoms with Gasteiger partial charge in [0.05, 0.1) is 18.0 Å². The van der Waals surface area contributed by atoms with Gasteiger partial charge in [0.2, 0.25) is 0 Å². The van der Waals surface area contributed by atoms with Crippen LogP contribution in [0.1, 0.15) is 19.8 Å². The lowest BCUT2D eigenvalue weighted by Gasteiger charge is -2.20. The van der Waals surface area contributed by atoms with Crippen molar-refractivity contribution in [3.05, 3.63) is 24.3 Å². The van der Waals surface area contributed by atoms with Gasteiger partial charge in [0, 0.05) is 19.0 Å².